The number of rotatable bonds is 6. The molecule has 0 aromatic heterocycles. The minimum Gasteiger partial charge on any atom is -0.481 e. The molecule has 0 radical (unpaired) electrons. The summed E-state index contributed by atoms with van der Waals surface area (Å²) < 4.78 is 48.6. The van der Waals surface area contributed by atoms with Crippen molar-refractivity contribution in [2.45, 2.75) is 23.6 Å². The number of benzene rings is 1. The van der Waals surface area contributed by atoms with E-state index in [4.69, 9.17) is 10.2 Å². The van der Waals surface area contributed by atoms with E-state index in [2.05, 4.69) is 4.72 Å². The average molecular weight is 336 g/mol. The summed E-state index contributed by atoms with van der Waals surface area (Å²) in [6.07, 6.45) is 0. The smallest absolute Gasteiger partial charge is 0.310 e. The van der Waals surface area contributed by atoms with Crippen LogP contribution in [0.15, 0.2) is 34.1 Å². The molecule has 0 fully saturated rings. The van der Waals surface area contributed by atoms with Crippen LogP contribution in [0.4, 0.5) is 0 Å². The second-order valence-electron chi connectivity index (χ2n) is 5.03. The number of carboxylic acids is 1. The maximum absolute atomic E-state index is 12.0. The van der Waals surface area contributed by atoms with Crippen molar-refractivity contribution in [2.24, 2.45) is 10.6 Å². The fourth-order valence-corrected chi connectivity index (χ4v) is 3.14. The largest absolute Gasteiger partial charge is 0.481 e. The molecule has 0 saturated carbocycles. The van der Waals surface area contributed by atoms with Gasteiger partial charge in [0.15, 0.2) is 0 Å². The standard InChI is InChI=1S/C11H16N2O6S2/c1-11(2,10(14)15)7-13-21(18,19)9-5-3-4-8(6-9)20(12,16)17/h3-6,13H,7H2,1-2H3,(H,14,15)(H2,12,16,17). The van der Waals surface area contributed by atoms with Crippen molar-refractivity contribution < 1.29 is 26.7 Å². The Bertz CT molecular complexity index is 753. The third-order valence-corrected chi connectivity index (χ3v) is 5.04. The number of primary sulfonamides is 1. The van der Waals surface area contributed by atoms with Gasteiger partial charge in [0.1, 0.15) is 0 Å². The lowest BCUT2D eigenvalue weighted by atomic mass is 9.95. The Morgan fingerprint density at radius 1 is 1.24 bits per heavy atom. The van der Waals surface area contributed by atoms with E-state index in [9.17, 15) is 21.6 Å². The van der Waals surface area contributed by atoms with Crippen LogP contribution in [0.2, 0.25) is 0 Å². The van der Waals surface area contributed by atoms with Gasteiger partial charge in [0.25, 0.3) is 0 Å². The highest BCUT2D eigenvalue weighted by Gasteiger charge is 2.29. The van der Waals surface area contributed by atoms with Gasteiger partial charge in [-0.05, 0) is 32.0 Å². The summed E-state index contributed by atoms with van der Waals surface area (Å²) in [5.41, 5.74) is -1.30. The summed E-state index contributed by atoms with van der Waals surface area (Å²) in [5.74, 6) is -1.16. The molecular weight excluding hydrogens is 320 g/mol. The number of nitrogens with two attached hydrogens (primary N) is 1. The second kappa shape index (κ2) is 5.72. The van der Waals surface area contributed by atoms with Gasteiger partial charge in [-0.2, -0.15) is 0 Å². The first-order valence-corrected chi connectivity index (χ1v) is 8.75. The van der Waals surface area contributed by atoms with Crippen LogP contribution < -0.4 is 9.86 Å². The molecule has 0 unspecified atom stereocenters. The van der Waals surface area contributed by atoms with E-state index in [1.54, 1.807) is 0 Å². The predicted octanol–water partition coefficient (Wildman–Crippen LogP) is -0.277. The van der Waals surface area contributed by atoms with E-state index in [1.165, 1.54) is 26.0 Å². The molecule has 118 valence electrons. The highest BCUT2D eigenvalue weighted by atomic mass is 32.2. The summed E-state index contributed by atoms with van der Waals surface area (Å²) >= 11 is 0. The Hall–Kier alpha value is -1.49. The summed E-state index contributed by atoms with van der Waals surface area (Å²) in [6.45, 7) is 2.38. The number of nitrogens with one attached hydrogen (secondary N) is 1. The summed E-state index contributed by atoms with van der Waals surface area (Å²) in [4.78, 5) is 10.3. The number of sulfonamides is 2. The molecule has 1 aromatic rings. The van der Waals surface area contributed by atoms with Gasteiger partial charge >= 0.3 is 5.97 Å². The Kier molecular flexibility index (Phi) is 4.78. The van der Waals surface area contributed by atoms with E-state index >= 15 is 0 Å². The average Bonchev–Trinajstić information content (AvgIpc) is 2.36. The third-order valence-electron chi connectivity index (χ3n) is 2.73. The van der Waals surface area contributed by atoms with Crippen molar-refractivity contribution in [1.29, 1.82) is 0 Å². The van der Waals surface area contributed by atoms with Crippen LogP contribution in [0.5, 0.6) is 0 Å². The van der Waals surface area contributed by atoms with Gasteiger partial charge < -0.3 is 5.11 Å². The van der Waals surface area contributed by atoms with Gasteiger partial charge in [0, 0.05) is 6.54 Å². The maximum Gasteiger partial charge on any atom is 0.310 e. The molecule has 0 aliphatic rings. The first kappa shape index (κ1) is 17.6. The molecule has 0 saturated heterocycles. The molecule has 0 spiro atoms. The minimum atomic E-state index is -4.04. The Morgan fingerprint density at radius 2 is 1.76 bits per heavy atom. The number of hydrogen-bond donors (Lipinski definition) is 3. The predicted molar refractivity (Wildman–Crippen MR) is 74.4 cm³/mol. The molecule has 10 heteroatoms. The number of aliphatic carboxylic acids is 1. The molecule has 4 N–H and O–H groups in total. The van der Waals surface area contributed by atoms with E-state index in [0.29, 0.717) is 0 Å². The Labute approximate surface area is 123 Å². The van der Waals surface area contributed by atoms with Gasteiger partial charge in [-0.1, -0.05) is 6.07 Å². The topological polar surface area (TPSA) is 144 Å². The maximum atomic E-state index is 12.0. The lowest BCUT2D eigenvalue weighted by Gasteiger charge is -2.19. The van der Waals surface area contributed by atoms with Gasteiger partial charge in [-0.15, -0.1) is 0 Å². The molecule has 1 aromatic carbocycles. The summed E-state index contributed by atoms with van der Waals surface area (Å²) in [5, 5.41) is 13.9. The number of carboxylic acid groups (broad SMARTS) is 1. The minimum absolute atomic E-state index is 0.310. The van der Waals surface area contributed by atoms with Crippen LogP contribution in [0.1, 0.15) is 13.8 Å². The molecule has 0 amide bonds. The highest BCUT2D eigenvalue weighted by molar-refractivity contribution is 7.90. The highest BCUT2D eigenvalue weighted by Crippen LogP contribution is 2.17. The molecule has 0 aliphatic carbocycles. The van der Waals surface area contributed by atoms with Crippen molar-refractivity contribution in [1.82, 2.24) is 4.72 Å². The van der Waals surface area contributed by atoms with Crippen molar-refractivity contribution in [3.8, 4) is 0 Å². The van der Waals surface area contributed by atoms with Crippen LogP contribution in [-0.2, 0) is 24.8 Å². The van der Waals surface area contributed by atoms with Gasteiger partial charge in [-0.25, -0.2) is 26.7 Å². The van der Waals surface area contributed by atoms with Crippen LogP contribution in [0, 0.1) is 5.41 Å². The van der Waals surface area contributed by atoms with Crippen LogP contribution in [0.3, 0.4) is 0 Å². The lowest BCUT2D eigenvalue weighted by Crippen LogP contribution is -2.38. The molecule has 0 aliphatic heterocycles. The zero-order chi connectivity index (χ0) is 16.5. The zero-order valence-electron chi connectivity index (χ0n) is 11.4. The van der Waals surface area contributed by atoms with Gasteiger partial charge in [0.05, 0.1) is 15.2 Å². The fourth-order valence-electron chi connectivity index (χ4n) is 1.25. The zero-order valence-corrected chi connectivity index (χ0v) is 13.0. The van der Waals surface area contributed by atoms with E-state index < -0.39 is 31.4 Å². The van der Waals surface area contributed by atoms with Crippen molar-refractivity contribution in [2.75, 3.05) is 6.54 Å². The molecule has 0 atom stereocenters. The molecule has 1 rings (SSSR count). The summed E-state index contributed by atoms with van der Waals surface area (Å²) in [7, 11) is -8.07. The Balaban J connectivity index is 3.08. The molecule has 0 heterocycles. The molecular formula is C11H16N2O6S2. The fraction of sp³-hybridized carbons (Fsp3) is 0.364. The van der Waals surface area contributed by atoms with Gasteiger partial charge in [-0.3, -0.25) is 4.79 Å². The van der Waals surface area contributed by atoms with Crippen molar-refractivity contribution in [3.63, 3.8) is 0 Å². The lowest BCUT2D eigenvalue weighted by molar-refractivity contribution is -0.146. The molecule has 8 nitrogen and oxygen atoms in total. The van der Waals surface area contributed by atoms with E-state index in [-0.39, 0.29) is 16.3 Å². The van der Waals surface area contributed by atoms with E-state index in [1.807, 2.05) is 0 Å². The third kappa shape index (κ3) is 4.49. The van der Waals surface area contributed by atoms with Crippen LogP contribution >= 0.6 is 0 Å². The Morgan fingerprint density at radius 3 is 2.24 bits per heavy atom. The van der Waals surface area contributed by atoms with Crippen molar-refractivity contribution in [3.05, 3.63) is 24.3 Å². The monoisotopic (exact) mass is 336 g/mol. The molecule has 0 bridgehead atoms. The first-order chi connectivity index (χ1) is 9.36. The summed E-state index contributed by atoms with van der Waals surface area (Å²) in [6, 6.07) is 4.49. The van der Waals surface area contributed by atoms with Crippen molar-refractivity contribution >= 4 is 26.0 Å². The van der Waals surface area contributed by atoms with Gasteiger partial charge in [0.2, 0.25) is 20.0 Å². The number of hydrogen-bond acceptors (Lipinski definition) is 5. The molecule has 21 heavy (non-hydrogen) atoms. The van der Waals surface area contributed by atoms with Crippen LogP contribution in [0.25, 0.3) is 0 Å². The normalized spacial score (nSPS) is 13.1. The van der Waals surface area contributed by atoms with E-state index in [0.717, 1.165) is 12.1 Å². The second-order valence-corrected chi connectivity index (χ2v) is 8.36. The SMILES string of the molecule is CC(C)(CNS(=O)(=O)c1cccc(S(N)(=O)=O)c1)C(=O)O. The quantitative estimate of drug-likeness (QED) is 0.652. The van der Waals surface area contributed by atoms with Crippen LogP contribution in [-0.4, -0.2) is 34.5 Å². The number of carbonyl (C=O) groups is 1. The first-order valence-electron chi connectivity index (χ1n) is 5.72.